The number of halogens is 1. The van der Waals surface area contributed by atoms with Gasteiger partial charge < -0.3 is 19.9 Å². The molecule has 0 aliphatic carbocycles. The average Bonchev–Trinajstić information content (AvgIpc) is 3.21. The minimum Gasteiger partial charge on any atom is -0.379 e. The third kappa shape index (κ3) is 6.22. The lowest BCUT2D eigenvalue weighted by Crippen LogP contribution is -2.47. The van der Waals surface area contributed by atoms with Crippen molar-refractivity contribution in [2.45, 2.75) is 32.4 Å². The summed E-state index contributed by atoms with van der Waals surface area (Å²) >= 11 is 0. The Labute approximate surface area is 187 Å². The number of nitrogens with zero attached hydrogens (tertiary/aromatic N) is 4. The second kappa shape index (κ2) is 11.8. The predicted octanol–water partition coefficient (Wildman–Crippen LogP) is 2.50. The molecule has 2 aliphatic heterocycles. The fourth-order valence-corrected chi connectivity index (χ4v) is 3.86. The summed E-state index contributed by atoms with van der Waals surface area (Å²) in [5, 5.41) is 3.50. The fraction of sp³-hybridized carbons (Fsp3) is 0.667. The van der Waals surface area contributed by atoms with Crippen molar-refractivity contribution in [2.75, 3.05) is 64.4 Å². The SMILES string of the molecule is CCNC(=NCC(C)N(C)c1ccccc1)N1CCC(N2CCOCC2)C1.I. The molecule has 1 N–H and O–H groups in total. The summed E-state index contributed by atoms with van der Waals surface area (Å²) in [4.78, 5) is 12.3. The lowest BCUT2D eigenvalue weighted by Gasteiger charge is -2.32. The molecule has 28 heavy (non-hydrogen) atoms. The number of benzene rings is 1. The zero-order valence-electron chi connectivity index (χ0n) is 17.5. The van der Waals surface area contributed by atoms with E-state index >= 15 is 0 Å². The lowest BCUT2D eigenvalue weighted by atomic mass is 10.2. The predicted molar refractivity (Wildman–Crippen MR) is 128 cm³/mol. The van der Waals surface area contributed by atoms with Crippen LogP contribution in [0, 0.1) is 0 Å². The maximum absolute atomic E-state index is 5.50. The maximum atomic E-state index is 5.50. The Morgan fingerprint density at radius 3 is 2.64 bits per heavy atom. The van der Waals surface area contributed by atoms with E-state index in [0.717, 1.165) is 58.4 Å². The van der Waals surface area contributed by atoms with Crippen molar-refractivity contribution in [1.82, 2.24) is 15.1 Å². The number of morpholine rings is 1. The van der Waals surface area contributed by atoms with E-state index in [4.69, 9.17) is 9.73 Å². The second-order valence-corrected chi connectivity index (χ2v) is 7.53. The minimum absolute atomic E-state index is 0. The van der Waals surface area contributed by atoms with Gasteiger partial charge in [-0.3, -0.25) is 9.89 Å². The number of hydrogen-bond acceptors (Lipinski definition) is 4. The van der Waals surface area contributed by atoms with Crippen molar-refractivity contribution >= 4 is 35.6 Å². The molecule has 0 spiro atoms. The van der Waals surface area contributed by atoms with Crippen LogP contribution in [0.25, 0.3) is 0 Å². The highest BCUT2D eigenvalue weighted by molar-refractivity contribution is 14.0. The molecule has 2 aliphatic rings. The molecule has 2 heterocycles. The fourth-order valence-electron chi connectivity index (χ4n) is 3.86. The van der Waals surface area contributed by atoms with Crippen LogP contribution in [0.4, 0.5) is 5.69 Å². The van der Waals surface area contributed by atoms with E-state index in [1.54, 1.807) is 0 Å². The Morgan fingerprint density at radius 2 is 1.96 bits per heavy atom. The Hall–Kier alpha value is -1.06. The van der Waals surface area contributed by atoms with Gasteiger partial charge in [0.1, 0.15) is 0 Å². The topological polar surface area (TPSA) is 43.3 Å². The summed E-state index contributed by atoms with van der Waals surface area (Å²) in [5.74, 6) is 1.06. The van der Waals surface area contributed by atoms with Crippen LogP contribution in [0.15, 0.2) is 35.3 Å². The Kier molecular flexibility index (Phi) is 9.81. The minimum atomic E-state index is 0. The van der Waals surface area contributed by atoms with Gasteiger partial charge in [0, 0.05) is 57.5 Å². The molecule has 1 aromatic carbocycles. The van der Waals surface area contributed by atoms with Crippen LogP contribution in [-0.2, 0) is 4.74 Å². The van der Waals surface area contributed by atoms with Crippen molar-refractivity contribution < 1.29 is 4.74 Å². The van der Waals surface area contributed by atoms with E-state index in [-0.39, 0.29) is 24.0 Å². The molecule has 0 amide bonds. The molecule has 2 saturated heterocycles. The van der Waals surface area contributed by atoms with E-state index in [9.17, 15) is 0 Å². The van der Waals surface area contributed by atoms with Gasteiger partial charge in [-0.25, -0.2) is 0 Å². The number of rotatable bonds is 6. The number of likely N-dealkylation sites (tertiary alicyclic amines) is 1. The summed E-state index contributed by atoms with van der Waals surface area (Å²) in [6.07, 6.45) is 1.21. The van der Waals surface area contributed by atoms with Gasteiger partial charge in [-0.1, -0.05) is 18.2 Å². The van der Waals surface area contributed by atoms with Crippen molar-refractivity contribution in [1.29, 1.82) is 0 Å². The molecular formula is C21H36IN5O. The number of para-hydroxylation sites is 1. The van der Waals surface area contributed by atoms with Crippen LogP contribution < -0.4 is 10.2 Å². The van der Waals surface area contributed by atoms with Crippen LogP contribution in [0.2, 0.25) is 0 Å². The Balaban J connectivity index is 0.00000280. The van der Waals surface area contributed by atoms with Gasteiger partial charge in [-0.15, -0.1) is 24.0 Å². The number of ether oxygens (including phenoxy) is 1. The van der Waals surface area contributed by atoms with Gasteiger partial charge in [0.05, 0.1) is 19.8 Å². The smallest absolute Gasteiger partial charge is 0.194 e. The number of anilines is 1. The number of hydrogen-bond donors (Lipinski definition) is 1. The lowest BCUT2D eigenvalue weighted by molar-refractivity contribution is 0.0195. The van der Waals surface area contributed by atoms with Crippen molar-refractivity contribution in [3.8, 4) is 0 Å². The summed E-state index contributed by atoms with van der Waals surface area (Å²) < 4.78 is 5.50. The molecular weight excluding hydrogens is 465 g/mol. The van der Waals surface area contributed by atoms with Crippen LogP contribution >= 0.6 is 24.0 Å². The second-order valence-electron chi connectivity index (χ2n) is 7.53. The third-order valence-corrected chi connectivity index (χ3v) is 5.69. The highest BCUT2D eigenvalue weighted by Gasteiger charge is 2.30. The van der Waals surface area contributed by atoms with Crippen LogP contribution in [0.3, 0.4) is 0 Å². The molecule has 0 bridgehead atoms. The van der Waals surface area contributed by atoms with Crippen LogP contribution in [0.1, 0.15) is 20.3 Å². The number of nitrogens with one attached hydrogen (secondary N) is 1. The van der Waals surface area contributed by atoms with Crippen LogP contribution in [-0.4, -0.2) is 87.4 Å². The normalized spacial score (nSPS) is 21.9. The first kappa shape index (κ1) is 23.2. The molecule has 2 fully saturated rings. The van der Waals surface area contributed by atoms with Crippen molar-refractivity contribution in [3.05, 3.63) is 30.3 Å². The average molecular weight is 501 g/mol. The summed E-state index contributed by atoms with van der Waals surface area (Å²) in [6.45, 7) is 12.1. The highest BCUT2D eigenvalue weighted by Crippen LogP contribution is 2.18. The van der Waals surface area contributed by atoms with Gasteiger partial charge in [-0.05, 0) is 32.4 Å². The van der Waals surface area contributed by atoms with Gasteiger partial charge in [-0.2, -0.15) is 0 Å². The van der Waals surface area contributed by atoms with E-state index < -0.39 is 0 Å². The monoisotopic (exact) mass is 501 g/mol. The summed E-state index contributed by atoms with van der Waals surface area (Å²) in [7, 11) is 2.15. The first-order valence-corrected chi connectivity index (χ1v) is 10.3. The molecule has 2 atom stereocenters. The maximum Gasteiger partial charge on any atom is 0.194 e. The van der Waals surface area contributed by atoms with Gasteiger partial charge in [0.25, 0.3) is 0 Å². The molecule has 6 nitrogen and oxygen atoms in total. The highest BCUT2D eigenvalue weighted by atomic mass is 127. The van der Waals surface area contributed by atoms with E-state index in [1.165, 1.54) is 12.1 Å². The standard InChI is InChI=1S/C21H35N5O.HI/c1-4-22-21(23-16-18(2)24(3)19-8-6-5-7-9-19)26-11-10-20(17-26)25-12-14-27-15-13-25;/h5-9,18,20H,4,10-17H2,1-3H3,(H,22,23);1H. The van der Waals surface area contributed by atoms with Gasteiger partial charge >= 0.3 is 0 Å². The molecule has 0 radical (unpaired) electrons. The van der Waals surface area contributed by atoms with Crippen LogP contribution in [0.5, 0.6) is 0 Å². The van der Waals surface area contributed by atoms with Gasteiger partial charge in [0.15, 0.2) is 5.96 Å². The first-order valence-electron chi connectivity index (χ1n) is 10.3. The largest absolute Gasteiger partial charge is 0.379 e. The molecule has 3 rings (SSSR count). The summed E-state index contributed by atoms with van der Waals surface area (Å²) in [6, 6.07) is 11.5. The van der Waals surface area contributed by atoms with Gasteiger partial charge in [0.2, 0.25) is 0 Å². The number of aliphatic imine (C=N–C) groups is 1. The molecule has 0 saturated carbocycles. The van der Waals surface area contributed by atoms with Crippen molar-refractivity contribution in [3.63, 3.8) is 0 Å². The van der Waals surface area contributed by atoms with Crippen molar-refractivity contribution in [2.24, 2.45) is 4.99 Å². The Bertz CT molecular complexity index is 594. The molecule has 158 valence electrons. The van der Waals surface area contributed by atoms with E-state index in [2.05, 4.69) is 71.2 Å². The number of likely N-dealkylation sites (N-methyl/N-ethyl adjacent to an activating group) is 1. The third-order valence-electron chi connectivity index (χ3n) is 5.69. The quantitative estimate of drug-likeness (QED) is 0.369. The zero-order chi connectivity index (χ0) is 19.1. The summed E-state index contributed by atoms with van der Waals surface area (Å²) in [5.41, 5.74) is 1.23. The molecule has 2 unspecified atom stereocenters. The first-order chi connectivity index (χ1) is 13.2. The zero-order valence-corrected chi connectivity index (χ0v) is 19.8. The number of guanidine groups is 1. The molecule has 1 aromatic rings. The molecule has 0 aromatic heterocycles. The Morgan fingerprint density at radius 1 is 1.25 bits per heavy atom. The molecule has 7 heteroatoms. The van der Waals surface area contributed by atoms with E-state index in [0.29, 0.717) is 12.1 Å². The van der Waals surface area contributed by atoms with E-state index in [1.807, 2.05) is 0 Å².